The number of carbonyl (C=O) groups excluding carboxylic acids is 1. The van der Waals surface area contributed by atoms with Gasteiger partial charge >= 0.3 is 0 Å². The van der Waals surface area contributed by atoms with E-state index in [4.69, 9.17) is 5.73 Å². The number of benzene rings is 1. The van der Waals surface area contributed by atoms with Crippen molar-refractivity contribution in [1.82, 2.24) is 9.61 Å². The molecule has 0 aliphatic heterocycles. The molecule has 4 N–H and O–H groups in total. The molecule has 28 heavy (non-hydrogen) atoms. The van der Waals surface area contributed by atoms with E-state index < -0.39 is 11.5 Å². The van der Waals surface area contributed by atoms with Gasteiger partial charge in [-0.25, -0.2) is 4.52 Å². The second-order valence-corrected chi connectivity index (χ2v) is 8.14. The molecule has 1 saturated carbocycles. The van der Waals surface area contributed by atoms with E-state index in [2.05, 4.69) is 41.6 Å². The number of hydrogen-bond donors (Lipinski definition) is 3. The topological polar surface area (TPSA) is 92.6 Å². The predicted molar refractivity (Wildman–Crippen MR) is 110 cm³/mol. The maximum Gasteiger partial charge on any atom is 0.252 e. The Morgan fingerprint density at radius 3 is 2.57 bits per heavy atom. The first-order valence-corrected chi connectivity index (χ1v) is 9.69. The average Bonchev–Trinajstić information content (AvgIpc) is 3.08. The Kier molecular flexibility index (Phi) is 4.59. The molecule has 0 radical (unpaired) electrons. The minimum Gasteiger partial charge on any atom is -0.390 e. The van der Waals surface area contributed by atoms with Gasteiger partial charge in [0.1, 0.15) is 0 Å². The number of rotatable bonds is 4. The SMILES string of the molecule is Cc1ccc(-c2cc3c(NC4CCC(C)(O)CC4)c(C(N)=O)cnn3c2)cc1. The zero-order valence-corrected chi connectivity index (χ0v) is 16.3. The number of aromatic nitrogens is 2. The van der Waals surface area contributed by atoms with Crippen LogP contribution in [0.25, 0.3) is 16.6 Å². The van der Waals surface area contributed by atoms with Crippen molar-refractivity contribution < 1.29 is 9.90 Å². The largest absolute Gasteiger partial charge is 0.390 e. The summed E-state index contributed by atoms with van der Waals surface area (Å²) in [6.07, 6.45) is 6.62. The quantitative estimate of drug-likeness (QED) is 0.648. The van der Waals surface area contributed by atoms with Gasteiger partial charge in [0.05, 0.1) is 28.6 Å². The zero-order chi connectivity index (χ0) is 19.9. The van der Waals surface area contributed by atoms with Crippen LogP contribution in [0.5, 0.6) is 0 Å². The summed E-state index contributed by atoms with van der Waals surface area (Å²) in [4.78, 5) is 12.0. The molecule has 146 valence electrons. The average molecular weight is 378 g/mol. The van der Waals surface area contributed by atoms with Gasteiger partial charge in [-0.15, -0.1) is 0 Å². The molecule has 0 saturated heterocycles. The highest BCUT2D eigenvalue weighted by Gasteiger charge is 2.29. The highest BCUT2D eigenvalue weighted by molar-refractivity contribution is 6.02. The summed E-state index contributed by atoms with van der Waals surface area (Å²) in [7, 11) is 0. The number of carbonyl (C=O) groups is 1. The van der Waals surface area contributed by atoms with Crippen LogP contribution in [0.2, 0.25) is 0 Å². The Balaban J connectivity index is 1.73. The lowest BCUT2D eigenvalue weighted by Gasteiger charge is -2.34. The Labute approximate surface area is 164 Å². The Morgan fingerprint density at radius 1 is 1.25 bits per heavy atom. The molecule has 6 nitrogen and oxygen atoms in total. The molecular weight excluding hydrogens is 352 g/mol. The van der Waals surface area contributed by atoms with Gasteiger partial charge in [0, 0.05) is 17.8 Å². The van der Waals surface area contributed by atoms with Gasteiger partial charge in [-0.05, 0) is 51.2 Å². The fraction of sp³-hybridized carbons (Fsp3) is 0.364. The van der Waals surface area contributed by atoms with Crippen LogP contribution >= 0.6 is 0 Å². The number of nitrogens with two attached hydrogens (primary N) is 1. The van der Waals surface area contributed by atoms with Crippen LogP contribution < -0.4 is 11.1 Å². The lowest BCUT2D eigenvalue weighted by molar-refractivity contribution is 0.0196. The van der Waals surface area contributed by atoms with Crippen LogP contribution in [-0.2, 0) is 0 Å². The molecule has 0 bridgehead atoms. The van der Waals surface area contributed by atoms with E-state index in [1.807, 2.05) is 19.2 Å². The molecule has 2 heterocycles. The molecule has 1 fully saturated rings. The molecule has 2 aromatic heterocycles. The summed E-state index contributed by atoms with van der Waals surface area (Å²) in [5.74, 6) is -0.501. The Hall–Kier alpha value is -2.86. The van der Waals surface area contributed by atoms with Crippen molar-refractivity contribution in [1.29, 1.82) is 0 Å². The zero-order valence-electron chi connectivity index (χ0n) is 16.3. The molecule has 6 heteroatoms. The highest BCUT2D eigenvalue weighted by Crippen LogP contribution is 2.33. The van der Waals surface area contributed by atoms with E-state index in [0.29, 0.717) is 11.3 Å². The van der Waals surface area contributed by atoms with E-state index in [0.717, 1.165) is 42.3 Å². The maximum absolute atomic E-state index is 12.0. The van der Waals surface area contributed by atoms with Crippen molar-refractivity contribution in [3.8, 4) is 11.1 Å². The predicted octanol–water partition coefficient (Wildman–Crippen LogP) is 3.51. The lowest BCUT2D eigenvalue weighted by Crippen LogP contribution is -2.36. The van der Waals surface area contributed by atoms with E-state index >= 15 is 0 Å². The standard InChI is InChI=1S/C22H26N4O2/c1-14-3-5-15(6-4-14)16-11-19-20(18(21(23)27)12-24-26(19)13-16)25-17-7-9-22(2,28)10-8-17/h3-6,11-13,17,25,28H,7-10H2,1-2H3,(H2,23,27). The maximum atomic E-state index is 12.0. The highest BCUT2D eigenvalue weighted by atomic mass is 16.3. The smallest absolute Gasteiger partial charge is 0.252 e. The van der Waals surface area contributed by atoms with Crippen molar-refractivity contribution in [3.05, 3.63) is 53.9 Å². The van der Waals surface area contributed by atoms with Gasteiger partial charge in [0.25, 0.3) is 5.91 Å². The summed E-state index contributed by atoms with van der Waals surface area (Å²) in [6.45, 7) is 3.94. The molecule has 1 aliphatic carbocycles. The molecular formula is C22H26N4O2. The van der Waals surface area contributed by atoms with Crippen molar-refractivity contribution >= 4 is 17.1 Å². The molecule has 0 spiro atoms. The van der Waals surface area contributed by atoms with Crippen molar-refractivity contribution in [2.45, 2.75) is 51.2 Å². The molecule has 0 atom stereocenters. The first-order chi connectivity index (χ1) is 13.3. The number of aliphatic hydroxyl groups is 1. The number of primary amides is 1. The molecule has 3 aromatic rings. The fourth-order valence-corrected chi connectivity index (χ4v) is 3.89. The molecule has 1 aromatic carbocycles. The third-order valence-corrected chi connectivity index (χ3v) is 5.70. The molecule has 1 amide bonds. The van der Waals surface area contributed by atoms with Gasteiger partial charge in [-0.2, -0.15) is 5.10 Å². The van der Waals surface area contributed by atoms with E-state index in [9.17, 15) is 9.90 Å². The number of aryl methyl sites for hydroxylation is 1. The summed E-state index contributed by atoms with van der Waals surface area (Å²) in [5.41, 5.74) is 10.3. The lowest BCUT2D eigenvalue weighted by atomic mass is 9.83. The number of nitrogens with zero attached hydrogens (tertiary/aromatic N) is 2. The number of nitrogens with one attached hydrogen (secondary N) is 1. The molecule has 4 rings (SSSR count). The van der Waals surface area contributed by atoms with Crippen LogP contribution in [0, 0.1) is 6.92 Å². The van der Waals surface area contributed by atoms with Crippen LogP contribution in [0.3, 0.4) is 0 Å². The van der Waals surface area contributed by atoms with Crippen LogP contribution in [0.4, 0.5) is 5.69 Å². The van der Waals surface area contributed by atoms with Crippen molar-refractivity contribution in [2.75, 3.05) is 5.32 Å². The van der Waals surface area contributed by atoms with Crippen LogP contribution in [-0.4, -0.2) is 32.3 Å². The van der Waals surface area contributed by atoms with Gasteiger partial charge in [-0.3, -0.25) is 4.79 Å². The van der Waals surface area contributed by atoms with Gasteiger partial charge < -0.3 is 16.2 Å². The monoisotopic (exact) mass is 378 g/mol. The minimum atomic E-state index is -0.605. The van der Waals surface area contributed by atoms with Gasteiger partial charge in [0.2, 0.25) is 0 Å². The second kappa shape index (κ2) is 6.95. The van der Waals surface area contributed by atoms with E-state index in [1.165, 1.54) is 11.8 Å². The van der Waals surface area contributed by atoms with Crippen LogP contribution in [0.1, 0.15) is 48.5 Å². The normalized spacial score (nSPS) is 22.3. The number of hydrogen-bond acceptors (Lipinski definition) is 4. The number of anilines is 1. The minimum absolute atomic E-state index is 0.183. The fourth-order valence-electron chi connectivity index (χ4n) is 3.89. The van der Waals surface area contributed by atoms with E-state index in [-0.39, 0.29) is 6.04 Å². The van der Waals surface area contributed by atoms with Gasteiger partial charge in [-0.1, -0.05) is 29.8 Å². The first kappa shape index (κ1) is 18.5. The summed E-state index contributed by atoms with van der Waals surface area (Å²) >= 11 is 0. The Morgan fingerprint density at radius 2 is 1.93 bits per heavy atom. The molecule has 1 aliphatic rings. The number of amides is 1. The van der Waals surface area contributed by atoms with Crippen molar-refractivity contribution in [3.63, 3.8) is 0 Å². The third-order valence-electron chi connectivity index (χ3n) is 5.70. The number of fused-ring (bicyclic) bond motifs is 1. The second-order valence-electron chi connectivity index (χ2n) is 8.14. The third kappa shape index (κ3) is 3.60. The first-order valence-electron chi connectivity index (χ1n) is 9.69. The molecule has 0 unspecified atom stereocenters. The van der Waals surface area contributed by atoms with E-state index in [1.54, 1.807) is 4.52 Å². The van der Waals surface area contributed by atoms with Crippen molar-refractivity contribution in [2.24, 2.45) is 5.73 Å². The Bertz CT molecular complexity index is 1010. The summed E-state index contributed by atoms with van der Waals surface area (Å²) in [6, 6.07) is 10.5. The summed E-state index contributed by atoms with van der Waals surface area (Å²) in [5, 5.41) is 18.1. The van der Waals surface area contributed by atoms with Gasteiger partial charge in [0.15, 0.2) is 0 Å². The summed E-state index contributed by atoms with van der Waals surface area (Å²) < 4.78 is 1.78. The van der Waals surface area contributed by atoms with Crippen LogP contribution in [0.15, 0.2) is 42.7 Å².